The average Bonchev–Trinajstić information content (AvgIpc) is 2.68. The van der Waals surface area contributed by atoms with Crippen LogP contribution in [0.25, 0.3) is 0 Å². The minimum absolute atomic E-state index is 0.0408. The molecular weight excluding hydrogens is 371 g/mol. The number of aromatic nitrogens is 1. The molecule has 2 aromatic carbocycles. The standard InChI is InChI=1S/C20H16F3N3O2/c1-28-16-9-7-14(8-10-16)25-18-17(6-3-11-24-18)19(27)26-15-5-2-4-13(12-15)20(21,22)23/h2-12H,1H3,(H,24,25)(H,26,27). The molecule has 1 heterocycles. The summed E-state index contributed by atoms with van der Waals surface area (Å²) in [6, 6.07) is 14.5. The van der Waals surface area contributed by atoms with Crippen molar-refractivity contribution in [3.8, 4) is 5.75 Å². The smallest absolute Gasteiger partial charge is 0.416 e. The van der Waals surface area contributed by atoms with Crippen LogP contribution in [0.1, 0.15) is 15.9 Å². The number of nitrogens with zero attached hydrogens (tertiary/aromatic N) is 1. The molecule has 0 fully saturated rings. The van der Waals surface area contributed by atoms with E-state index < -0.39 is 17.6 Å². The molecule has 0 atom stereocenters. The third-order valence-corrected chi connectivity index (χ3v) is 3.85. The van der Waals surface area contributed by atoms with Gasteiger partial charge in [-0.1, -0.05) is 6.07 Å². The van der Waals surface area contributed by atoms with E-state index in [0.29, 0.717) is 11.4 Å². The molecule has 5 nitrogen and oxygen atoms in total. The van der Waals surface area contributed by atoms with Crippen LogP contribution in [0.5, 0.6) is 5.75 Å². The Bertz CT molecular complexity index is 973. The van der Waals surface area contributed by atoms with Gasteiger partial charge in [0.1, 0.15) is 11.6 Å². The summed E-state index contributed by atoms with van der Waals surface area (Å²) in [4.78, 5) is 16.7. The zero-order chi connectivity index (χ0) is 20.1. The van der Waals surface area contributed by atoms with Gasteiger partial charge in [0.15, 0.2) is 0 Å². The van der Waals surface area contributed by atoms with E-state index in [2.05, 4.69) is 15.6 Å². The number of hydrogen-bond donors (Lipinski definition) is 2. The molecule has 0 radical (unpaired) electrons. The number of nitrogens with one attached hydrogen (secondary N) is 2. The van der Waals surface area contributed by atoms with E-state index in [1.165, 1.54) is 24.4 Å². The van der Waals surface area contributed by atoms with Crippen LogP contribution >= 0.6 is 0 Å². The molecule has 3 aromatic rings. The Balaban J connectivity index is 1.81. The Morgan fingerprint density at radius 3 is 2.43 bits per heavy atom. The van der Waals surface area contributed by atoms with E-state index in [-0.39, 0.29) is 17.1 Å². The average molecular weight is 387 g/mol. The summed E-state index contributed by atoms with van der Waals surface area (Å²) in [6.07, 6.45) is -2.98. The molecule has 0 unspecified atom stereocenters. The minimum Gasteiger partial charge on any atom is -0.497 e. The molecular formula is C20H16F3N3O2. The van der Waals surface area contributed by atoms with Crippen molar-refractivity contribution in [1.29, 1.82) is 0 Å². The lowest BCUT2D eigenvalue weighted by Gasteiger charge is -2.13. The van der Waals surface area contributed by atoms with Gasteiger partial charge >= 0.3 is 6.18 Å². The van der Waals surface area contributed by atoms with Gasteiger partial charge in [-0.3, -0.25) is 4.79 Å². The molecule has 0 spiro atoms. The highest BCUT2D eigenvalue weighted by Gasteiger charge is 2.30. The number of methoxy groups -OCH3 is 1. The maximum Gasteiger partial charge on any atom is 0.416 e. The van der Waals surface area contributed by atoms with Gasteiger partial charge in [-0.15, -0.1) is 0 Å². The lowest BCUT2D eigenvalue weighted by molar-refractivity contribution is -0.137. The number of alkyl halides is 3. The summed E-state index contributed by atoms with van der Waals surface area (Å²) in [5, 5.41) is 5.49. The number of rotatable bonds is 5. The summed E-state index contributed by atoms with van der Waals surface area (Å²) < 4.78 is 43.6. The monoisotopic (exact) mass is 387 g/mol. The molecule has 0 aliphatic carbocycles. The Labute approximate surface area is 159 Å². The van der Waals surface area contributed by atoms with Gasteiger partial charge < -0.3 is 15.4 Å². The molecule has 8 heteroatoms. The number of hydrogen-bond acceptors (Lipinski definition) is 4. The second-order valence-electron chi connectivity index (χ2n) is 5.79. The molecule has 0 aliphatic rings. The third-order valence-electron chi connectivity index (χ3n) is 3.85. The molecule has 0 saturated heterocycles. The summed E-state index contributed by atoms with van der Waals surface area (Å²) in [7, 11) is 1.55. The van der Waals surface area contributed by atoms with Crippen LogP contribution in [0.4, 0.5) is 30.4 Å². The van der Waals surface area contributed by atoms with Crippen molar-refractivity contribution in [2.24, 2.45) is 0 Å². The summed E-state index contributed by atoms with van der Waals surface area (Å²) >= 11 is 0. The number of amides is 1. The maximum absolute atomic E-state index is 12.8. The first-order valence-electron chi connectivity index (χ1n) is 8.21. The van der Waals surface area contributed by atoms with E-state index in [9.17, 15) is 18.0 Å². The van der Waals surface area contributed by atoms with Gasteiger partial charge in [-0.2, -0.15) is 13.2 Å². The van der Waals surface area contributed by atoms with E-state index in [0.717, 1.165) is 12.1 Å². The number of pyridine rings is 1. The van der Waals surface area contributed by atoms with Crippen molar-refractivity contribution >= 4 is 23.1 Å². The lowest BCUT2D eigenvalue weighted by atomic mass is 10.1. The van der Waals surface area contributed by atoms with Crippen molar-refractivity contribution in [1.82, 2.24) is 4.98 Å². The van der Waals surface area contributed by atoms with Crippen molar-refractivity contribution in [2.75, 3.05) is 17.7 Å². The first-order valence-corrected chi connectivity index (χ1v) is 8.21. The molecule has 1 amide bonds. The quantitative estimate of drug-likeness (QED) is 0.639. The van der Waals surface area contributed by atoms with Gasteiger partial charge in [0.05, 0.1) is 18.2 Å². The number of carbonyl (C=O) groups is 1. The maximum atomic E-state index is 12.8. The fourth-order valence-corrected chi connectivity index (χ4v) is 2.47. The third kappa shape index (κ3) is 4.59. The molecule has 144 valence electrons. The normalized spacial score (nSPS) is 11.0. The van der Waals surface area contributed by atoms with Crippen LogP contribution < -0.4 is 15.4 Å². The minimum atomic E-state index is -4.49. The van der Waals surface area contributed by atoms with Gasteiger partial charge in [0.2, 0.25) is 0 Å². The van der Waals surface area contributed by atoms with Crippen molar-refractivity contribution in [3.63, 3.8) is 0 Å². The van der Waals surface area contributed by atoms with Gasteiger partial charge in [0.25, 0.3) is 5.91 Å². The zero-order valence-corrected chi connectivity index (χ0v) is 14.7. The molecule has 0 saturated carbocycles. The van der Waals surface area contributed by atoms with Gasteiger partial charge in [-0.25, -0.2) is 4.98 Å². The molecule has 1 aromatic heterocycles. The highest BCUT2D eigenvalue weighted by Crippen LogP contribution is 2.31. The van der Waals surface area contributed by atoms with E-state index in [4.69, 9.17) is 4.74 Å². The first kappa shape index (κ1) is 19.2. The van der Waals surface area contributed by atoms with Crippen LogP contribution in [0.3, 0.4) is 0 Å². The zero-order valence-electron chi connectivity index (χ0n) is 14.7. The van der Waals surface area contributed by atoms with Crippen LogP contribution in [-0.2, 0) is 6.18 Å². The Kier molecular flexibility index (Phi) is 5.49. The summed E-state index contributed by atoms with van der Waals surface area (Å²) in [5.74, 6) is 0.370. The largest absolute Gasteiger partial charge is 0.497 e. The molecule has 3 rings (SSSR count). The van der Waals surface area contributed by atoms with Crippen LogP contribution in [0.2, 0.25) is 0 Å². The number of anilines is 3. The predicted octanol–water partition coefficient (Wildman–Crippen LogP) is 5.10. The SMILES string of the molecule is COc1ccc(Nc2ncccc2C(=O)Nc2cccc(C(F)(F)F)c2)cc1. The number of ether oxygens (including phenoxy) is 1. The second kappa shape index (κ2) is 7.99. The number of benzene rings is 2. The summed E-state index contributed by atoms with van der Waals surface area (Å²) in [5.41, 5.74) is 0.0653. The van der Waals surface area contributed by atoms with Crippen molar-refractivity contribution in [3.05, 3.63) is 78.0 Å². The molecule has 28 heavy (non-hydrogen) atoms. The second-order valence-corrected chi connectivity index (χ2v) is 5.79. The van der Waals surface area contributed by atoms with Crippen molar-refractivity contribution < 1.29 is 22.7 Å². The van der Waals surface area contributed by atoms with Gasteiger partial charge in [0, 0.05) is 17.6 Å². The number of halogens is 3. The Morgan fingerprint density at radius 1 is 1.00 bits per heavy atom. The van der Waals surface area contributed by atoms with Crippen LogP contribution in [0.15, 0.2) is 66.9 Å². The molecule has 0 bridgehead atoms. The summed E-state index contributed by atoms with van der Waals surface area (Å²) in [6.45, 7) is 0. The molecule has 2 N–H and O–H groups in total. The number of carbonyl (C=O) groups excluding carboxylic acids is 1. The van der Waals surface area contributed by atoms with Crippen LogP contribution in [-0.4, -0.2) is 18.0 Å². The van der Waals surface area contributed by atoms with Crippen molar-refractivity contribution in [2.45, 2.75) is 6.18 Å². The van der Waals surface area contributed by atoms with E-state index in [1.54, 1.807) is 37.4 Å². The lowest BCUT2D eigenvalue weighted by Crippen LogP contribution is -2.15. The highest BCUT2D eigenvalue weighted by atomic mass is 19.4. The predicted molar refractivity (Wildman–Crippen MR) is 99.9 cm³/mol. The Morgan fingerprint density at radius 2 is 1.75 bits per heavy atom. The van der Waals surface area contributed by atoms with E-state index >= 15 is 0 Å². The first-order chi connectivity index (χ1) is 13.4. The topological polar surface area (TPSA) is 63.2 Å². The fourth-order valence-electron chi connectivity index (χ4n) is 2.47. The van der Waals surface area contributed by atoms with E-state index in [1.807, 2.05) is 0 Å². The Hall–Kier alpha value is -3.55. The fraction of sp³-hybridized carbons (Fsp3) is 0.100. The highest BCUT2D eigenvalue weighted by molar-refractivity contribution is 6.07. The van der Waals surface area contributed by atoms with Crippen LogP contribution in [0, 0.1) is 0 Å². The van der Waals surface area contributed by atoms with Gasteiger partial charge in [-0.05, 0) is 54.6 Å². The molecule has 0 aliphatic heterocycles.